The number of nitrogens with zero attached hydrogens (tertiary/aromatic N) is 1. The van der Waals surface area contributed by atoms with E-state index in [0.29, 0.717) is 13.1 Å². The minimum Gasteiger partial charge on any atom is -0.389 e. The Hall–Kier alpha value is -1.18. The monoisotopic (exact) mass is 247 g/mol. The Morgan fingerprint density at radius 2 is 2.12 bits per heavy atom. The van der Waals surface area contributed by atoms with E-state index in [-0.39, 0.29) is 13.2 Å². The van der Waals surface area contributed by atoms with Crippen molar-refractivity contribution in [2.75, 3.05) is 40.4 Å². The fraction of sp³-hybridized carbons (Fsp3) is 0.800. The Bertz CT molecular complexity index is 248. The molecule has 0 aromatic carbocycles. The molecule has 0 spiro atoms. The van der Waals surface area contributed by atoms with Crippen LogP contribution in [0.15, 0.2) is 0 Å². The molecule has 0 saturated carbocycles. The zero-order valence-electron chi connectivity index (χ0n) is 10.5. The average Bonchev–Trinajstić information content (AvgIpc) is 2.16. The van der Waals surface area contributed by atoms with Crippen LogP contribution in [0.25, 0.3) is 0 Å². The van der Waals surface area contributed by atoms with Crippen molar-refractivity contribution in [3.8, 4) is 0 Å². The van der Waals surface area contributed by atoms with Crippen LogP contribution < -0.4 is 10.6 Å². The van der Waals surface area contributed by atoms with Gasteiger partial charge in [-0.3, -0.25) is 15.0 Å². The summed E-state index contributed by atoms with van der Waals surface area (Å²) in [5.74, 6) is -0.414. The van der Waals surface area contributed by atoms with Gasteiger partial charge in [0.15, 0.2) is 0 Å². The lowest BCUT2D eigenvalue weighted by Crippen LogP contribution is -2.45. The number of carbonyl (C=O) groups excluding carboxylic acids is 2. The van der Waals surface area contributed by atoms with E-state index in [1.54, 1.807) is 18.9 Å². The average molecular weight is 247 g/mol. The fourth-order valence-corrected chi connectivity index (χ4v) is 1.29. The third kappa shape index (κ3) is 8.61. The molecule has 0 bridgehead atoms. The summed E-state index contributed by atoms with van der Waals surface area (Å²) < 4.78 is 4.76. The second-order valence-corrected chi connectivity index (χ2v) is 3.71. The van der Waals surface area contributed by atoms with E-state index in [4.69, 9.17) is 4.74 Å². The molecule has 1 unspecified atom stereocenters. The number of likely N-dealkylation sites (N-methyl/N-ethyl adjacent to an activating group) is 1. The Morgan fingerprint density at radius 3 is 2.65 bits per heavy atom. The molecule has 7 heteroatoms. The van der Waals surface area contributed by atoms with E-state index in [9.17, 15) is 14.7 Å². The number of nitrogens with one attached hydrogen (secondary N) is 2. The Labute approximate surface area is 101 Å². The van der Waals surface area contributed by atoms with Crippen molar-refractivity contribution in [3.05, 3.63) is 0 Å². The molecule has 0 aliphatic rings. The van der Waals surface area contributed by atoms with Crippen LogP contribution in [0.2, 0.25) is 0 Å². The smallest absolute Gasteiger partial charge is 0.321 e. The summed E-state index contributed by atoms with van der Waals surface area (Å²) >= 11 is 0. The van der Waals surface area contributed by atoms with Gasteiger partial charge in [0.2, 0.25) is 5.91 Å². The zero-order chi connectivity index (χ0) is 13.3. The van der Waals surface area contributed by atoms with Gasteiger partial charge in [-0.05, 0) is 14.0 Å². The fourth-order valence-electron chi connectivity index (χ4n) is 1.29. The number of rotatable bonds is 7. The van der Waals surface area contributed by atoms with Crippen LogP contribution in [0, 0.1) is 0 Å². The van der Waals surface area contributed by atoms with Crippen molar-refractivity contribution in [1.82, 2.24) is 15.5 Å². The molecule has 0 aliphatic carbocycles. The number of amides is 3. The molecule has 17 heavy (non-hydrogen) atoms. The standard InChI is InChI=1S/C10H21N3O4/c1-4-11-10(16)12-9(15)6-13(2)5-8(14)7-17-3/h8,14H,4-7H2,1-3H3,(H2,11,12,15,16). The lowest BCUT2D eigenvalue weighted by molar-refractivity contribution is -0.121. The summed E-state index contributed by atoms with van der Waals surface area (Å²) in [4.78, 5) is 24.0. The molecule has 0 aromatic rings. The van der Waals surface area contributed by atoms with Gasteiger partial charge in [-0.25, -0.2) is 4.79 Å². The number of aliphatic hydroxyl groups excluding tert-OH is 1. The van der Waals surface area contributed by atoms with Gasteiger partial charge in [-0.2, -0.15) is 0 Å². The van der Waals surface area contributed by atoms with Gasteiger partial charge in [0, 0.05) is 20.2 Å². The summed E-state index contributed by atoms with van der Waals surface area (Å²) in [5.41, 5.74) is 0. The number of ether oxygens (including phenoxy) is 1. The Balaban J connectivity index is 3.83. The minimum absolute atomic E-state index is 0.0396. The predicted octanol–water partition coefficient (Wildman–Crippen LogP) is -1.23. The number of carbonyl (C=O) groups is 2. The van der Waals surface area contributed by atoms with Crippen LogP contribution in [0.3, 0.4) is 0 Å². The first-order chi connectivity index (χ1) is 7.99. The van der Waals surface area contributed by atoms with Gasteiger partial charge in [-0.15, -0.1) is 0 Å². The molecule has 0 rings (SSSR count). The maximum atomic E-state index is 11.4. The van der Waals surface area contributed by atoms with Gasteiger partial charge in [-0.1, -0.05) is 0 Å². The number of methoxy groups -OCH3 is 1. The Morgan fingerprint density at radius 1 is 1.47 bits per heavy atom. The highest BCUT2D eigenvalue weighted by Gasteiger charge is 2.12. The molecule has 0 radical (unpaired) electrons. The van der Waals surface area contributed by atoms with Crippen molar-refractivity contribution in [1.29, 1.82) is 0 Å². The van der Waals surface area contributed by atoms with Gasteiger partial charge in [0.05, 0.1) is 19.3 Å². The molecule has 100 valence electrons. The first kappa shape index (κ1) is 15.8. The zero-order valence-corrected chi connectivity index (χ0v) is 10.5. The van der Waals surface area contributed by atoms with E-state index in [1.165, 1.54) is 7.11 Å². The third-order valence-corrected chi connectivity index (χ3v) is 1.89. The number of imide groups is 1. The topological polar surface area (TPSA) is 90.9 Å². The van der Waals surface area contributed by atoms with Gasteiger partial charge >= 0.3 is 6.03 Å². The molecular weight excluding hydrogens is 226 g/mol. The SMILES string of the molecule is CCNC(=O)NC(=O)CN(C)CC(O)COC. The number of hydrogen-bond donors (Lipinski definition) is 3. The second kappa shape index (κ2) is 8.91. The van der Waals surface area contributed by atoms with Crippen LogP contribution in [-0.2, 0) is 9.53 Å². The largest absolute Gasteiger partial charge is 0.389 e. The number of aliphatic hydroxyl groups is 1. The molecule has 3 amide bonds. The minimum atomic E-state index is -0.651. The van der Waals surface area contributed by atoms with Crippen molar-refractivity contribution in [2.24, 2.45) is 0 Å². The van der Waals surface area contributed by atoms with E-state index < -0.39 is 18.0 Å². The van der Waals surface area contributed by atoms with Crippen molar-refractivity contribution in [2.45, 2.75) is 13.0 Å². The maximum absolute atomic E-state index is 11.4. The van der Waals surface area contributed by atoms with E-state index >= 15 is 0 Å². The van der Waals surface area contributed by atoms with Gasteiger partial charge in [0.1, 0.15) is 0 Å². The molecule has 0 fully saturated rings. The molecule has 0 aromatic heterocycles. The van der Waals surface area contributed by atoms with Crippen LogP contribution in [0.4, 0.5) is 4.79 Å². The van der Waals surface area contributed by atoms with E-state index in [2.05, 4.69) is 10.6 Å². The quantitative estimate of drug-likeness (QED) is 0.524. The summed E-state index contributed by atoms with van der Waals surface area (Å²) in [6.45, 7) is 2.77. The molecule has 1 atom stereocenters. The summed E-state index contributed by atoms with van der Waals surface area (Å²) in [6, 6.07) is -0.511. The molecule has 0 heterocycles. The second-order valence-electron chi connectivity index (χ2n) is 3.71. The van der Waals surface area contributed by atoms with Crippen LogP contribution in [0.1, 0.15) is 6.92 Å². The lowest BCUT2D eigenvalue weighted by Gasteiger charge is -2.19. The normalized spacial score (nSPS) is 12.3. The van der Waals surface area contributed by atoms with Crippen LogP contribution in [0.5, 0.6) is 0 Å². The van der Waals surface area contributed by atoms with Gasteiger partial charge < -0.3 is 15.2 Å². The lowest BCUT2D eigenvalue weighted by atomic mass is 10.3. The summed E-state index contributed by atoms with van der Waals surface area (Å²) in [7, 11) is 3.17. The first-order valence-electron chi connectivity index (χ1n) is 5.42. The van der Waals surface area contributed by atoms with Gasteiger partial charge in [0.25, 0.3) is 0 Å². The highest BCUT2D eigenvalue weighted by molar-refractivity contribution is 5.95. The molecule has 0 aliphatic heterocycles. The summed E-state index contributed by atoms with van der Waals surface area (Å²) in [6.07, 6.45) is -0.651. The highest BCUT2D eigenvalue weighted by Crippen LogP contribution is 1.89. The number of hydrogen-bond acceptors (Lipinski definition) is 5. The highest BCUT2D eigenvalue weighted by atomic mass is 16.5. The van der Waals surface area contributed by atoms with E-state index in [1.807, 2.05) is 0 Å². The van der Waals surface area contributed by atoms with E-state index in [0.717, 1.165) is 0 Å². The van der Waals surface area contributed by atoms with Crippen molar-refractivity contribution < 1.29 is 19.4 Å². The van der Waals surface area contributed by atoms with Crippen LogP contribution >= 0.6 is 0 Å². The van der Waals surface area contributed by atoms with Crippen LogP contribution in [-0.4, -0.2) is 68.4 Å². The van der Waals surface area contributed by atoms with Crippen molar-refractivity contribution >= 4 is 11.9 Å². The van der Waals surface area contributed by atoms with Crippen molar-refractivity contribution in [3.63, 3.8) is 0 Å². The summed E-state index contributed by atoms with van der Waals surface area (Å²) in [5, 5.41) is 14.0. The molecule has 7 nitrogen and oxygen atoms in total. The number of urea groups is 1. The molecular formula is C10H21N3O4. The Kier molecular flexibility index (Phi) is 8.29. The molecule has 0 saturated heterocycles. The third-order valence-electron chi connectivity index (χ3n) is 1.89. The maximum Gasteiger partial charge on any atom is 0.321 e. The predicted molar refractivity (Wildman–Crippen MR) is 62.6 cm³/mol. The first-order valence-corrected chi connectivity index (χ1v) is 5.42. The molecule has 3 N–H and O–H groups in total.